The summed E-state index contributed by atoms with van der Waals surface area (Å²) in [6, 6.07) is 6.06. The number of nitrogens with one attached hydrogen (secondary N) is 1. The second kappa shape index (κ2) is 6.19. The number of hydrogen-bond donors (Lipinski definition) is 3. The summed E-state index contributed by atoms with van der Waals surface area (Å²) in [5.74, 6) is -0.542. The van der Waals surface area contributed by atoms with Crippen molar-refractivity contribution in [3.63, 3.8) is 0 Å². The first-order valence-corrected chi connectivity index (χ1v) is 7.43. The Morgan fingerprint density at radius 2 is 1.84 bits per heavy atom. The van der Waals surface area contributed by atoms with Gasteiger partial charge in [0.1, 0.15) is 9.84 Å². The first kappa shape index (κ1) is 15.0. The molecule has 0 fully saturated rings. The average molecular weight is 285 g/mol. The van der Waals surface area contributed by atoms with Gasteiger partial charge in [0.2, 0.25) is 0 Å². The monoisotopic (exact) mass is 285 g/mol. The average Bonchev–Trinajstić information content (AvgIpc) is 2.36. The zero-order chi connectivity index (χ0) is 14.5. The van der Waals surface area contributed by atoms with Crippen LogP contribution in [0, 0.1) is 0 Å². The van der Waals surface area contributed by atoms with Gasteiger partial charge in [0, 0.05) is 23.9 Å². The van der Waals surface area contributed by atoms with Gasteiger partial charge in [-0.25, -0.2) is 8.42 Å². The van der Waals surface area contributed by atoms with Gasteiger partial charge in [0.25, 0.3) is 5.91 Å². The Balaban J connectivity index is 2.63. The number of benzene rings is 1. The molecule has 1 amide bonds. The molecule has 0 radical (unpaired) electrons. The lowest BCUT2D eigenvalue weighted by atomic mass is 10.1. The fraction of sp³-hybridized carbons (Fsp3) is 0.273. The van der Waals surface area contributed by atoms with E-state index < -0.39 is 9.84 Å². The summed E-state index contributed by atoms with van der Waals surface area (Å²) in [6.07, 6.45) is 1.10. The molecular formula is C11H15N3O4S. The molecule has 0 unspecified atom stereocenters. The number of amidine groups is 1. The SMILES string of the molecule is CS(=O)(=O)CCNC(=O)c1ccc(/C(N)=N/O)cc1. The largest absolute Gasteiger partial charge is 0.409 e. The van der Waals surface area contributed by atoms with E-state index >= 15 is 0 Å². The highest BCUT2D eigenvalue weighted by Gasteiger charge is 2.08. The number of carbonyl (C=O) groups excluding carboxylic acids is 1. The van der Waals surface area contributed by atoms with Crippen LogP contribution in [0.4, 0.5) is 0 Å². The van der Waals surface area contributed by atoms with Crippen molar-refractivity contribution in [2.75, 3.05) is 18.6 Å². The predicted molar refractivity (Wildman–Crippen MR) is 71.0 cm³/mol. The zero-order valence-electron chi connectivity index (χ0n) is 10.3. The van der Waals surface area contributed by atoms with E-state index in [9.17, 15) is 13.2 Å². The molecule has 104 valence electrons. The van der Waals surface area contributed by atoms with Gasteiger partial charge in [0.05, 0.1) is 5.75 Å². The Kier molecular flexibility index (Phi) is 4.87. The number of rotatable bonds is 5. The first-order chi connectivity index (χ1) is 8.83. The Morgan fingerprint density at radius 3 is 2.32 bits per heavy atom. The van der Waals surface area contributed by atoms with Crippen LogP contribution in [0.15, 0.2) is 29.4 Å². The standard InChI is InChI=1S/C11H15N3O4S/c1-19(17,18)7-6-13-11(15)9-4-2-8(3-5-9)10(12)14-16/h2-5,16H,6-7H2,1H3,(H2,12,14)(H,13,15). The van der Waals surface area contributed by atoms with Crippen molar-refractivity contribution in [1.29, 1.82) is 0 Å². The Hall–Kier alpha value is -2.09. The van der Waals surface area contributed by atoms with E-state index in [2.05, 4.69) is 10.5 Å². The molecule has 0 aliphatic heterocycles. The van der Waals surface area contributed by atoms with E-state index in [0.717, 1.165) is 6.26 Å². The van der Waals surface area contributed by atoms with Crippen molar-refractivity contribution in [2.24, 2.45) is 10.9 Å². The van der Waals surface area contributed by atoms with Crippen molar-refractivity contribution in [3.8, 4) is 0 Å². The predicted octanol–water partition coefficient (Wildman–Crippen LogP) is -0.444. The highest BCUT2D eigenvalue weighted by molar-refractivity contribution is 7.90. The number of amides is 1. The molecule has 0 aromatic heterocycles. The molecule has 0 bridgehead atoms. The van der Waals surface area contributed by atoms with Crippen LogP contribution < -0.4 is 11.1 Å². The Labute approximate surface area is 111 Å². The van der Waals surface area contributed by atoms with Crippen molar-refractivity contribution >= 4 is 21.6 Å². The van der Waals surface area contributed by atoms with Crippen LogP contribution in [0.2, 0.25) is 0 Å². The molecule has 4 N–H and O–H groups in total. The molecule has 8 heteroatoms. The minimum Gasteiger partial charge on any atom is -0.409 e. The van der Waals surface area contributed by atoms with Crippen LogP contribution in [0.5, 0.6) is 0 Å². The summed E-state index contributed by atoms with van der Waals surface area (Å²) in [4.78, 5) is 11.7. The summed E-state index contributed by atoms with van der Waals surface area (Å²) in [6.45, 7) is 0.0552. The normalized spacial score (nSPS) is 12.2. The molecule has 1 aromatic rings. The summed E-state index contributed by atoms with van der Waals surface area (Å²) in [7, 11) is -3.10. The number of nitrogens with two attached hydrogens (primary N) is 1. The second-order valence-corrected chi connectivity index (χ2v) is 6.21. The Morgan fingerprint density at radius 1 is 1.32 bits per heavy atom. The molecule has 0 aliphatic carbocycles. The van der Waals surface area contributed by atoms with Crippen LogP contribution in [0.25, 0.3) is 0 Å². The minimum atomic E-state index is -3.10. The van der Waals surface area contributed by atoms with E-state index in [1.54, 1.807) is 0 Å². The van der Waals surface area contributed by atoms with Crippen molar-refractivity contribution in [3.05, 3.63) is 35.4 Å². The van der Waals surface area contributed by atoms with Crippen LogP contribution in [-0.4, -0.2) is 43.9 Å². The first-order valence-electron chi connectivity index (χ1n) is 5.37. The van der Waals surface area contributed by atoms with E-state index in [-0.39, 0.29) is 24.0 Å². The highest BCUT2D eigenvalue weighted by atomic mass is 32.2. The van der Waals surface area contributed by atoms with Crippen molar-refractivity contribution in [1.82, 2.24) is 5.32 Å². The number of carbonyl (C=O) groups is 1. The van der Waals surface area contributed by atoms with Crippen LogP contribution in [0.3, 0.4) is 0 Å². The maximum absolute atomic E-state index is 11.7. The van der Waals surface area contributed by atoms with E-state index in [1.165, 1.54) is 24.3 Å². The van der Waals surface area contributed by atoms with Crippen LogP contribution in [0.1, 0.15) is 15.9 Å². The van der Waals surface area contributed by atoms with Crippen LogP contribution >= 0.6 is 0 Å². The highest BCUT2D eigenvalue weighted by Crippen LogP contribution is 2.04. The zero-order valence-corrected chi connectivity index (χ0v) is 11.1. The van der Waals surface area contributed by atoms with Gasteiger partial charge in [-0.15, -0.1) is 0 Å². The third-order valence-corrected chi connectivity index (χ3v) is 3.25. The molecule has 0 spiro atoms. The molecule has 1 rings (SSSR count). The number of hydrogen-bond acceptors (Lipinski definition) is 5. The lowest BCUT2D eigenvalue weighted by Gasteiger charge is -2.05. The summed E-state index contributed by atoms with van der Waals surface area (Å²) >= 11 is 0. The second-order valence-electron chi connectivity index (χ2n) is 3.95. The topological polar surface area (TPSA) is 122 Å². The van der Waals surface area contributed by atoms with Gasteiger partial charge < -0.3 is 16.3 Å². The third-order valence-electron chi connectivity index (χ3n) is 2.31. The summed E-state index contributed by atoms with van der Waals surface area (Å²) < 4.78 is 21.8. The molecular weight excluding hydrogens is 270 g/mol. The van der Waals surface area contributed by atoms with Gasteiger partial charge in [0.15, 0.2) is 5.84 Å². The number of sulfone groups is 1. The maximum Gasteiger partial charge on any atom is 0.251 e. The molecule has 0 heterocycles. The quantitative estimate of drug-likeness (QED) is 0.293. The van der Waals surface area contributed by atoms with E-state index in [1.807, 2.05) is 0 Å². The smallest absolute Gasteiger partial charge is 0.251 e. The Bertz CT molecular complexity index is 578. The number of oxime groups is 1. The fourth-order valence-corrected chi connectivity index (χ4v) is 1.77. The molecule has 0 aliphatic rings. The van der Waals surface area contributed by atoms with Gasteiger partial charge in [-0.1, -0.05) is 17.3 Å². The molecule has 0 atom stereocenters. The molecule has 19 heavy (non-hydrogen) atoms. The molecule has 7 nitrogen and oxygen atoms in total. The van der Waals surface area contributed by atoms with Gasteiger partial charge in [-0.3, -0.25) is 4.79 Å². The maximum atomic E-state index is 11.7. The fourth-order valence-electron chi connectivity index (χ4n) is 1.30. The third kappa shape index (κ3) is 4.96. The van der Waals surface area contributed by atoms with Crippen molar-refractivity contribution in [2.45, 2.75) is 0 Å². The minimum absolute atomic E-state index is 0.0518. The van der Waals surface area contributed by atoms with Gasteiger partial charge >= 0.3 is 0 Å². The molecule has 1 aromatic carbocycles. The van der Waals surface area contributed by atoms with Gasteiger partial charge in [-0.05, 0) is 12.1 Å². The van der Waals surface area contributed by atoms with E-state index in [4.69, 9.17) is 10.9 Å². The van der Waals surface area contributed by atoms with Crippen molar-refractivity contribution < 1.29 is 18.4 Å². The molecule has 0 saturated heterocycles. The lowest BCUT2D eigenvalue weighted by Crippen LogP contribution is -2.28. The van der Waals surface area contributed by atoms with Gasteiger partial charge in [-0.2, -0.15) is 0 Å². The van der Waals surface area contributed by atoms with Crippen LogP contribution in [-0.2, 0) is 9.84 Å². The summed E-state index contributed by atoms with van der Waals surface area (Å²) in [5.41, 5.74) is 6.23. The molecule has 0 saturated carbocycles. The lowest BCUT2D eigenvalue weighted by molar-refractivity contribution is 0.0956. The summed E-state index contributed by atoms with van der Waals surface area (Å²) in [5, 5.41) is 13.8. The number of nitrogens with zero attached hydrogens (tertiary/aromatic N) is 1. The van der Waals surface area contributed by atoms with E-state index in [0.29, 0.717) is 11.1 Å².